The average Bonchev–Trinajstić information content (AvgIpc) is 3.39. The molecule has 0 radical (unpaired) electrons. The molecule has 1 aromatic rings. The Morgan fingerprint density at radius 3 is 2.50 bits per heavy atom. The maximum atomic E-state index is 13.1. The standard InChI is InChI=1S/C17H24F4N4.HI/c1-3-25(14-6-7-14)9-8-23-16(22-2)24-11-12-4-5-13(18)10-15(12)17(19,20)21;/h4-5,10,14H,3,6-9,11H2,1-2H3,(H2,22,23,24);1H. The summed E-state index contributed by atoms with van der Waals surface area (Å²) in [5.41, 5.74) is -0.994. The summed E-state index contributed by atoms with van der Waals surface area (Å²) in [5, 5.41) is 5.95. The quantitative estimate of drug-likeness (QED) is 0.267. The van der Waals surface area contributed by atoms with Crippen LogP contribution in [0.15, 0.2) is 23.2 Å². The lowest BCUT2D eigenvalue weighted by Gasteiger charge is -2.21. The van der Waals surface area contributed by atoms with Crippen molar-refractivity contribution in [2.45, 2.75) is 38.5 Å². The summed E-state index contributed by atoms with van der Waals surface area (Å²) in [6, 6.07) is 3.35. The minimum absolute atomic E-state index is 0. The van der Waals surface area contributed by atoms with Crippen molar-refractivity contribution in [1.29, 1.82) is 0 Å². The van der Waals surface area contributed by atoms with Crippen LogP contribution in [0.5, 0.6) is 0 Å². The van der Waals surface area contributed by atoms with Crippen molar-refractivity contribution in [2.24, 2.45) is 4.99 Å². The Labute approximate surface area is 168 Å². The van der Waals surface area contributed by atoms with Gasteiger partial charge in [-0.3, -0.25) is 9.89 Å². The maximum absolute atomic E-state index is 13.1. The Morgan fingerprint density at radius 1 is 1.27 bits per heavy atom. The van der Waals surface area contributed by atoms with Crippen LogP contribution in [0.4, 0.5) is 17.6 Å². The first-order chi connectivity index (χ1) is 11.8. The van der Waals surface area contributed by atoms with E-state index in [-0.39, 0.29) is 36.1 Å². The maximum Gasteiger partial charge on any atom is 0.416 e. The molecule has 0 amide bonds. The summed E-state index contributed by atoms with van der Waals surface area (Å²) < 4.78 is 52.1. The highest BCUT2D eigenvalue weighted by atomic mass is 127. The molecule has 1 saturated carbocycles. The third kappa shape index (κ3) is 6.90. The van der Waals surface area contributed by atoms with Crippen molar-refractivity contribution in [2.75, 3.05) is 26.7 Å². The fraction of sp³-hybridized carbons (Fsp3) is 0.588. The molecule has 0 heterocycles. The Kier molecular flexibility index (Phi) is 9.08. The summed E-state index contributed by atoms with van der Waals surface area (Å²) in [6.07, 6.45) is -2.14. The van der Waals surface area contributed by atoms with E-state index in [1.807, 2.05) is 0 Å². The summed E-state index contributed by atoms with van der Waals surface area (Å²) in [6.45, 7) is 4.50. The number of rotatable bonds is 7. The van der Waals surface area contributed by atoms with Gasteiger partial charge in [0.25, 0.3) is 0 Å². The summed E-state index contributed by atoms with van der Waals surface area (Å²) in [4.78, 5) is 6.38. The van der Waals surface area contributed by atoms with Crippen LogP contribution in [0.25, 0.3) is 0 Å². The average molecular weight is 488 g/mol. The predicted octanol–water partition coefficient (Wildman–Crippen LogP) is 3.61. The van der Waals surface area contributed by atoms with Gasteiger partial charge in [-0.15, -0.1) is 24.0 Å². The van der Waals surface area contributed by atoms with Gasteiger partial charge in [0.1, 0.15) is 5.82 Å². The zero-order valence-corrected chi connectivity index (χ0v) is 17.2. The van der Waals surface area contributed by atoms with Crippen LogP contribution in [0.2, 0.25) is 0 Å². The molecule has 0 unspecified atom stereocenters. The molecule has 0 aromatic heterocycles. The van der Waals surface area contributed by atoms with E-state index in [2.05, 4.69) is 27.4 Å². The van der Waals surface area contributed by atoms with E-state index < -0.39 is 17.6 Å². The summed E-state index contributed by atoms with van der Waals surface area (Å²) >= 11 is 0. The van der Waals surface area contributed by atoms with Gasteiger partial charge in [0, 0.05) is 32.7 Å². The molecule has 0 saturated heterocycles. The van der Waals surface area contributed by atoms with Gasteiger partial charge in [-0.05, 0) is 37.1 Å². The number of hydrogen-bond donors (Lipinski definition) is 2. The van der Waals surface area contributed by atoms with Crippen LogP contribution in [0, 0.1) is 5.82 Å². The van der Waals surface area contributed by atoms with Crippen molar-refractivity contribution in [3.05, 3.63) is 35.1 Å². The van der Waals surface area contributed by atoms with Gasteiger partial charge in [-0.2, -0.15) is 13.2 Å². The highest BCUT2D eigenvalue weighted by Gasteiger charge is 2.33. The topological polar surface area (TPSA) is 39.7 Å². The Balaban J connectivity index is 0.00000338. The lowest BCUT2D eigenvalue weighted by atomic mass is 10.1. The number of hydrogen-bond acceptors (Lipinski definition) is 2. The van der Waals surface area contributed by atoms with Crippen molar-refractivity contribution < 1.29 is 17.6 Å². The lowest BCUT2D eigenvalue weighted by Crippen LogP contribution is -2.42. The van der Waals surface area contributed by atoms with Gasteiger partial charge >= 0.3 is 6.18 Å². The largest absolute Gasteiger partial charge is 0.416 e. The minimum Gasteiger partial charge on any atom is -0.355 e. The Bertz CT molecular complexity index is 603. The Hall–Kier alpha value is -1.10. The van der Waals surface area contributed by atoms with E-state index >= 15 is 0 Å². The fourth-order valence-electron chi connectivity index (χ4n) is 2.72. The number of nitrogens with zero attached hydrogens (tertiary/aromatic N) is 2. The lowest BCUT2D eigenvalue weighted by molar-refractivity contribution is -0.138. The van der Waals surface area contributed by atoms with Crippen LogP contribution in [0.3, 0.4) is 0 Å². The minimum atomic E-state index is -4.60. The molecule has 0 spiro atoms. The molecule has 0 bridgehead atoms. The molecule has 4 nitrogen and oxygen atoms in total. The molecule has 1 aromatic carbocycles. The van der Waals surface area contributed by atoms with E-state index in [1.54, 1.807) is 7.05 Å². The van der Waals surface area contributed by atoms with E-state index in [0.717, 1.165) is 25.2 Å². The third-order valence-corrected chi connectivity index (χ3v) is 4.21. The predicted molar refractivity (Wildman–Crippen MR) is 105 cm³/mol. The van der Waals surface area contributed by atoms with Crippen molar-refractivity contribution in [3.63, 3.8) is 0 Å². The van der Waals surface area contributed by atoms with Crippen LogP contribution in [-0.2, 0) is 12.7 Å². The third-order valence-electron chi connectivity index (χ3n) is 4.21. The Morgan fingerprint density at radius 2 is 1.96 bits per heavy atom. The number of alkyl halides is 3. The molecule has 9 heteroatoms. The second-order valence-electron chi connectivity index (χ2n) is 6.01. The van der Waals surface area contributed by atoms with E-state index in [4.69, 9.17) is 0 Å². The normalized spacial score (nSPS) is 15.0. The van der Waals surface area contributed by atoms with Crippen molar-refractivity contribution in [1.82, 2.24) is 15.5 Å². The van der Waals surface area contributed by atoms with Gasteiger partial charge in [0.2, 0.25) is 0 Å². The summed E-state index contributed by atoms with van der Waals surface area (Å²) in [5.74, 6) is -0.484. The van der Waals surface area contributed by atoms with Crippen LogP contribution in [0.1, 0.15) is 30.9 Å². The van der Waals surface area contributed by atoms with Gasteiger partial charge in [-0.1, -0.05) is 13.0 Å². The molecule has 1 fully saturated rings. The number of halogens is 5. The highest BCUT2D eigenvalue weighted by molar-refractivity contribution is 14.0. The van der Waals surface area contributed by atoms with Gasteiger partial charge in [-0.25, -0.2) is 4.39 Å². The van der Waals surface area contributed by atoms with Crippen molar-refractivity contribution in [3.8, 4) is 0 Å². The fourth-order valence-corrected chi connectivity index (χ4v) is 2.72. The first-order valence-corrected chi connectivity index (χ1v) is 8.39. The molecule has 2 rings (SSSR count). The van der Waals surface area contributed by atoms with E-state index in [0.29, 0.717) is 24.6 Å². The van der Waals surface area contributed by atoms with Crippen LogP contribution < -0.4 is 10.6 Å². The number of likely N-dealkylation sites (N-methyl/N-ethyl adjacent to an activating group) is 1. The van der Waals surface area contributed by atoms with Gasteiger partial charge in [0.15, 0.2) is 5.96 Å². The van der Waals surface area contributed by atoms with Crippen LogP contribution in [-0.4, -0.2) is 43.6 Å². The number of aliphatic imine (C=N–C) groups is 1. The summed E-state index contributed by atoms with van der Waals surface area (Å²) in [7, 11) is 1.56. The number of guanidine groups is 1. The van der Waals surface area contributed by atoms with Crippen molar-refractivity contribution >= 4 is 29.9 Å². The first-order valence-electron chi connectivity index (χ1n) is 8.39. The molecular formula is C17H25F4IN4. The smallest absolute Gasteiger partial charge is 0.355 e. The second kappa shape index (κ2) is 10.3. The van der Waals surface area contributed by atoms with Gasteiger partial charge < -0.3 is 10.6 Å². The van der Waals surface area contributed by atoms with E-state index in [9.17, 15) is 17.6 Å². The molecule has 26 heavy (non-hydrogen) atoms. The molecule has 0 aliphatic heterocycles. The molecule has 0 atom stereocenters. The highest BCUT2D eigenvalue weighted by Crippen LogP contribution is 2.32. The molecule has 148 valence electrons. The molecular weight excluding hydrogens is 463 g/mol. The first kappa shape index (κ1) is 22.9. The van der Waals surface area contributed by atoms with E-state index in [1.165, 1.54) is 12.8 Å². The zero-order valence-electron chi connectivity index (χ0n) is 14.9. The zero-order chi connectivity index (χ0) is 18.4. The molecule has 1 aliphatic carbocycles. The number of nitrogens with one attached hydrogen (secondary N) is 2. The van der Waals surface area contributed by atoms with Crippen LogP contribution >= 0.6 is 24.0 Å². The van der Waals surface area contributed by atoms with Gasteiger partial charge in [0.05, 0.1) is 5.56 Å². The monoisotopic (exact) mass is 488 g/mol. The molecule has 1 aliphatic rings. The second-order valence-corrected chi connectivity index (χ2v) is 6.01. The SMILES string of the molecule is CCN(CCNC(=NC)NCc1ccc(F)cc1C(F)(F)F)C1CC1.I. The molecule has 2 N–H and O–H groups in total. The number of benzene rings is 1.